The maximum atomic E-state index is 10.8. The van der Waals surface area contributed by atoms with Crippen LogP contribution in [0.5, 0.6) is 0 Å². The van der Waals surface area contributed by atoms with Gasteiger partial charge in [-0.1, -0.05) is 23.5 Å². The van der Waals surface area contributed by atoms with Crippen molar-refractivity contribution in [1.82, 2.24) is 0 Å². The molecule has 1 aromatic carbocycles. The molecule has 1 heterocycles. The van der Waals surface area contributed by atoms with E-state index in [1.165, 1.54) is 0 Å². The van der Waals surface area contributed by atoms with Crippen molar-refractivity contribution in [3.05, 3.63) is 29.3 Å². The van der Waals surface area contributed by atoms with Gasteiger partial charge in [0.2, 0.25) is 11.0 Å². The van der Waals surface area contributed by atoms with E-state index >= 15 is 0 Å². The van der Waals surface area contributed by atoms with Crippen LogP contribution in [0.2, 0.25) is 0 Å². The second-order valence-electron chi connectivity index (χ2n) is 3.92. The van der Waals surface area contributed by atoms with Crippen molar-refractivity contribution in [3.8, 4) is 0 Å². The first-order chi connectivity index (χ1) is 8.13. The van der Waals surface area contributed by atoms with E-state index in [1.54, 1.807) is 11.3 Å². The van der Waals surface area contributed by atoms with E-state index < -0.39 is 12.0 Å². The van der Waals surface area contributed by atoms with E-state index in [4.69, 9.17) is 10.8 Å². The zero-order chi connectivity index (χ0) is 12.4. The van der Waals surface area contributed by atoms with E-state index in [9.17, 15) is 4.79 Å². The molecule has 5 heteroatoms. The Morgan fingerprint density at radius 1 is 1.59 bits per heavy atom. The summed E-state index contributed by atoms with van der Waals surface area (Å²) in [4.78, 5) is 10.8. The summed E-state index contributed by atoms with van der Waals surface area (Å²) in [5, 5.41) is 8.84. The highest BCUT2D eigenvalue weighted by Crippen LogP contribution is 2.22. The van der Waals surface area contributed by atoms with Gasteiger partial charge in [-0.05, 0) is 18.9 Å². The number of rotatable bonds is 4. The van der Waals surface area contributed by atoms with Gasteiger partial charge < -0.3 is 10.8 Å². The molecule has 0 radical (unpaired) electrons. The van der Waals surface area contributed by atoms with Crippen molar-refractivity contribution in [2.45, 2.75) is 25.9 Å². The van der Waals surface area contributed by atoms with Crippen molar-refractivity contribution in [2.75, 3.05) is 0 Å². The first-order valence-electron chi connectivity index (χ1n) is 5.50. The third-order valence-electron chi connectivity index (χ3n) is 2.78. The van der Waals surface area contributed by atoms with Crippen LogP contribution < -0.4 is 10.3 Å². The van der Waals surface area contributed by atoms with Gasteiger partial charge in [-0.2, -0.15) is 4.57 Å². The van der Waals surface area contributed by atoms with Gasteiger partial charge >= 0.3 is 5.97 Å². The number of aliphatic carboxylic acids is 1. The predicted octanol–water partition coefficient (Wildman–Crippen LogP) is 1.16. The van der Waals surface area contributed by atoms with Crippen molar-refractivity contribution >= 4 is 27.5 Å². The standard InChI is InChI=1S/C12H14N2O2S/c1-2-14-7-17-11-8(4-3-5-10(11)14)6-9(13)12(15)16/h3-5,7,9H,2,6,13H2,1H3/p+1/t9-/m0/s1. The molecule has 90 valence electrons. The Morgan fingerprint density at radius 2 is 2.35 bits per heavy atom. The smallest absolute Gasteiger partial charge is 0.320 e. The molecule has 0 saturated carbocycles. The first-order valence-corrected chi connectivity index (χ1v) is 6.38. The second kappa shape index (κ2) is 4.81. The van der Waals surface area contributed by atoms with Gasteiger partial charge in [-0.25, -0.2) is 0 Å². The van der Waals surface area contributed by atoms with Crippen LogP contribution in [0.1, 0.15) is 12.5 Å². The number of carbonyl (C=O) groups is 1. The average Bonchev–Trinajstić information content (AvgIpc) is 2.72. The highest BCUT2D eigenvalue weighted by atomic mass is 32.1. The Bertz CT molecular complexity index is 550. The minimum absolute atomic E-state index is 0.372. The van der Waals surface area contributed by atoms with Crippen LogP contribution >= 0.6 is 11.3 Å². The highest BCUT2D eigenvalue weighted by molar-refractivity contribution is 7.16. The molecule has 4 nitrogen and oxygen atoms in total. The van der Waals surface area contributed by atoms with E-state index in [0.29, 0.717) is 6.42 Å². The lowest BCUT2D eigenvalue weighted by atomic mass is 10.1. The van der Waals surface area contributed by atoms with Crippen molar-refractivity contribution in [1.29, 1.82) is 0 Å². The van der Waals surface area contributed by atoms with Gasteiger partial charge in [-0.3, -0.25) is 4.79 Å². The molecule has 0 spiro atoms. The fourth-order valence-corrected chi connectivity index (χ4v) is 2.94. The fraction of sp³-hybridized carbons (Fsp3) is 0.333. The molecule has 0 aliphatic carbocycles. The molecule has 1 aromatic heterocycles. The van der Waals surface area contributed by atoms with Crippen LogP contribution in [0.25, 0.3) is 10.2 Å². The molecule has 0 fully saturated rings. The number of fused-ring (bicyclic) bond motifs is 1. The average molecular weight is 251 g/mol. The summed E-state index contributed by atoms with van der Waals surface area (Å²) in [6.07, 6.45) is 0.372. The lowest BCUT2D eigenvalue weighted by molar-refractivity contribution is -0.663. The SMILES string of the molecule is CC[n+]1csc2c(C[C@H](N)C(=O)O)cccc21. The van der Waals surface area contributed by atoms with Gasteiger partial charge in [-0.15, -0.1) is 0 Å². The largest absolute Gasteiger partial charge is 0.480 e. The third-order valence-corrected chi connectivity index (χ3v) is 3.85. The van der Waals surface area contributed by atoms with Gasteiger partial charge in [0, 0.05) is 6.07 Å². The number of hydrogen-bond donors (Lipinski definition) is 2. The number of aromatic nitrogens is 1. The van der Waals surface area contributed by atoms with Crippen LogP contribution in [0, 0.1) is 0 Å². The summed E-state index contributed by atoms with van der Waals surface area (Å²) in [6, 6.07) is 5.11. The number of hydrogen-bond acceptors (Lipinski definition) is 3. The molecular formula is C12H15N2O2S+. The number of nitrogens with two attached hydrogens (primary N) is 1. The van der Waals surface area contributed by atoms with Gasteiger partial charge in [0.05, 0.1) is 0 Å². The van der Waals surface area contributed by atoms with Crippen LogP contribution in [0.15, 0.2) is 23.7 Å². The predicted molar refractivity (Wildman–Crippen MR) is 67.0 cm³/mol. The summed E-state index contributed by atoms with van der Waals surface area (Å²) in [6.45, 7) is 3.00. The highest BCUT2D eigenvalue weighted by Gasteiger charge is 2.17. The van der Waals surface area contributed by atoms with Crippen LogP contribution in [0.3, 0.4) is 0 Å². The molecular weight excluding hydrogens is 236 g/mol. The van der Waals surface area contributed by atoms with E-state index in [0.717, 1.165) is 22.3 Å². The molecule has 3 N–H and O–H groups in total. The Kier molecular flexibility index (Phi) is 3.40. The first kappa shape index (κ1) is 12.0. The topological polar surface area (TPSA) is 67.2 Å². The molecule has 1 atom stereocenters. The van der Waals surface area contributed by atoms with E-state index in [-0.39, 0.29) is 0 Å². The lowest BCUT2D eigenvalue weighted by Crippen LogP contribution is -2.32. The summed E-state index contributed by atoms with van der Waals surface area (Å²) in [5.41, 5.74) is 9.79. The number of aryl methyl sites for hydroxylation is 1. The monoisotopic (exact) mass is 251 g/mol. The maximum absolute atomic E-state index is 10.8. The zero-order valence-corrected chi connectivity index (χ0v) is 10.4. The number of carboxylic acid groups (broad SMARTS) is 1. The molecule has 0 unspecified atom stereocenters. The van der Waals surface area contributed by atoms with Crippen molar-refractivity contribution in [2.24, 2.45) is 5.73 Å². The summed E-state index contributed by atoms with van der Waals surface area (Å²) < 4.78 is 3.28. The lowest BCUT2D eigenvalue weighted by Gasteiger charge is -2.05. The number of benzene rings is 1. The third kappa shape index (κ3) is 2.30. The second-order valence-corrected chi connectivity index (χ2v) is 4.78. The Hall–Kier alpha value is -1.46. The van der Waals surface area contributed by atoms with Crippen LogP contribution in [0.4, 0.5) is 0 Å². The van der Waals surface area contributed by atoms with Crippen LogP contribution in [-0.4, -0.2) is 17.1 Å². The van der Waals surface area contributed by atoms with Gasteiger partial charge in [0.15, 0.2) is 0 Å². The van der Waals surface area contributed by atoms with E-state index in [1.807, 2.05) is 18.2 Å². The molecule has 0 aliphatic heterocycles. The zero-order valence-electron chi connectivity index (χ0n) is 9.59. The number of thiazole rings is 1. The van der Waals surface area contributed by atoms with Gasteiger partial charge in [0.1, 0.15) is 17.3 Å². The van der Waals surface area contributed by atoms with Crippen molar-refractivity contribution < 1.29 is 14.5 Å². The number of carboxylic acids is 1. The molecule has 0 amide bonds. The normalized spacial score (nSPS) is 12.8. The minimum atomic E-state index is -0.957. The summed E-state index contributed by atoms with van der Waals surface area (Å²) >= 11 is 1.63. The Balaban J connectivity index is 2.41. The molecule has 17 heavy (non-hydrogen) atoms. The van der Waals surface area contributed by atoms with Gasteiger partial charge in [0.25, 0.3) is 0 Å². The van der Waals surface area contributed by atoms with E-state index in [2.05, 4.69) is 17.0 Å². The molecule has 2 rings (SSSR count). The fourth-order valence-electron chi connectivity index (χ4n) is 1.84. The van der Waals surface area contributed by atoms with Crippen molar-refractivity contribution in [3.63, 3.8) is 0 Å². The molecule has 0 bridgehead atoms. The Morgan fingerprint density at radius 3 is 3.00 bits per heavy atom. The summed E-state index contributed by atoms with van der Waals surface area (Å²) in [5.74, 6) is -0.957. The quantitative estimate of drug-likeness (QED) is 0.801. The molecule has 0 saturated heterocycles. The maximum Gasteiger partial charge on any atom is 0.320 e. The molecule has 2 aromatic rings. The Labute approximate surface area is 103 Å². The van der Waals surface area contributed by atoms with Crippen LogP contribution in [-0.2, 0) is 17.8 Å². The minimum Gasteiger partial charge on any atom is -0.480 e. The number of nitrogens with zero attached hydrogens (tertiary/aromatic N) is 1. The summed E-state index contributed by atoms with van der Waals surface area (Å²) in [7, 11) is 0. The molecule has 0 aliphatic rings.